The van der Waals surface area contributed by atoms with Gasteiger partial charge in [0, 0.05) is 24.2 Å². The van der Waals surface area contributed by atoms with Gasteiger partial charge in [-0.1, -0.05) is 41.4 Å². The number of ketones is 1. The summed E-state index contributed by atoms with van der Waals surface area (Å²) in [7, 11) is 0. The van der Waals surface area contributed by atoms with E-state index >= 15 is 0 Å². The van der Waals surface area contributed by atoms with Gasteiger partial charge in [0.2, 0.25) is 5.78 Å². The fourth-order valence-electron chi connectivity index (χ4n) is 4.56. The van der Waals surface area contributed by atoms with Crippen molar-refractivity contribution in [1.82, 2.24) is 9.47 Å². The van der Waals surface area contributed by atoms with Gasteiger partial charge in [-0.15, -0.1) is 0 Å². The highest BCUT2D eigenvalue weighted by Gasteiger charge is 2.28. The van der Waals surface area contributed by atoms with Crippen molar-refractivity contribution < 1.29 is 14.3 Å². The highest BCUT2D eigenvalue weighted by molar-refractivity contribution is 6.42. The van der Waals surface area contributed by atoms with E-state index in [1.807, 2.05) is 37.3 Å². The Kier molecular flexibility index (Phi) is 6.55. The minimum absolute atomic E-state index is 0.0169. The van der Waals surface area contributed by atoms with Crippen LogP contribution in [0.25, 0.3) is 16.6 Å². The highest BCUT2D eigenvalue weighted by Crippen LogP contribution is 2.35. The summed E-state index contributed by atoms with van der Waals surface area (Å²) >= 11 is 13.2. The number of morpholine rings is 1. The van der Waals surface area contributed by atoms with E-state index in [2.05, 4.69) is 6.07 Å². The van der Waals surface area contributed by atoms with E-state index in [1.54, 1.807) is 33.7 Å². The molecule has 1 aliphatic heterocycles. The summed E-state index contributed by atoms with van der Waals surface area (Å²) in [5, 5.41) is 10.5. The SMILES string of the molecule is Cc1cc(C#N)cc2c1cc(C(=O)c1c(Cl)ccc(C(=O)N3CCOCC3)c1Cl)n2-c1ccccc1. The molecule has 1 aliphatic rings. The van der Waals surface area contributed by atoms with Crippen LogP contribution in [-0.4, -0.2) is 47.5 Å². The van der Waals surface area contributed by atoms with E-state index < -0.39 is 5.78 Å². The average molecular weight is 518 g/mol. The molecule has 0 bridgehead atoms. The summed E-state index contributed by atoms with van der Waals surface area (Å²) in [6.07, 6.45) is 0. The number of rotatable bonds is 4. The Hall–Kier alpha value is -3.63. The number of carbonyl (C=O) groups excluding carboxylic acids is 2. The van der Waals surface area contributed by atoms with Gasteiger partial charge >= 0.3 is 0 Å². The van der Waals surface area contributed by atoms with Crippen LogP contribution in [0, 0.1) is 18.3 Å². The predicted octanol–water partition coefficient (Wildman–Crippen LogP) is 5.82. The van der Waals surface area contributed by atoms with Gasteiger partial charge < -0.3 is 14.2 Å². The van der Waals surface area contributed by atoms with Crippen LogP contribution in [0.15, 0.2) is 60.7 Å². The zero-order valence-electron chi connectivity index (χ0n) is 19.4. The third-order valence-electron chi connectivity index (χ3n) is 6.35. The lowest BCUT2D eigenvalue weighted by molar-refractivity contribution is 0.0303. The van der Waals surface area contributed by atoms with E-state index in [1.165, 1.54) is 6.07 Å². The number of halogens is 2. The number of hydrogen-bond acceptors (Lipinski definition) is 4. The normalized spacial score (nSPS) is 13.6. The van der Waals surface area contributed by atoms with Gasteiger partial charge in [-0.2, -0.15) is 5.26 Å². The molecule has 36 heavy (non-hydrogen) atoms. The van der Waals surface area contributed by atoms with Crippen molar-refractivity contribution in [3.8, 4) is 11.8 Å². The molecule has 1 aromatic heterocycles. The Labute approximate surface area is 218 Å². The summed E-state index contributed by atoms with van der Waals surface area (Å²) in [6, 6.07) is 20.0. The number of aromatic nitrogens is 1. The molecule has 1 fully saturated rings. The predicted molar refractivity (Wildman–Crippen MR) is 139 cm³/mol. The van der Waals surface area contributed by atoms with Crippen LogP contribution >= 0.6 is 23.2 Å². The molecular formula is C28H21Cl2N3O3. The lowest BCUT2D eigenvalue weighted by atomic mass is 10.0. The third kappa shape index (κ3) is 4.16. The summed E-state index contributed by atoms with van der Waals surface area (Å²) in [6.45, 7) is 3.69. The highest BCUT2D eigenvalue weighted by atomic mass is 35.5. The maximum absolute atomic E-state index is 14.1. The maximum atomic E-state index is 14.1. The van der Waals surface area contributed by atoms with Crippen molar-refractivity contribution in [3.63, 3.8) is 0 Å². The van der Waals surface area contributed by atoms with E-state index in [-0.39, 0.29) is 27.1 Å². The first kappa shape index (κ1) is 24.1. The van der Waals surface area contributed by atoms with E-state index in [0.29, 0.717) is 43.1 Å². The second-order valence-corrected chi connectivity index (χ2v) is 9.34. The Morgan fingerprint density at radius 1 is 1.00 bits per heavy atom. The second-order valence-electron chi connectivity index (χ2n) is 8.56. The van der Waals surface area contributed by atoms with Crippen molar-refractivity contribution in [3.05, 3.63) is 98.7 Å². The van der Waals surface area contributed by atoms with Crippen molar-refractivity contribution in [2.24, 2.45) is 0 Å². The van der Waals surface area contributed by atoms with Gasteiger partial charge in [0.25, 0.3) is 5.91 Å². The smallest absolute Gasteiger partial charge is 0.255 e. The fourth-order valence-corrected chi connectivity index (χ4v) is 5.18. The van der Waals surface area contributed by atoms with Gasteiger partial charge in [0.1, 0.15) is 0 Å². The second kappa shape index (κ2) is 9.79. The summed E-state index contributed by atoms with van der Waals surface area (Å²) in [5.74, 6) is -0.688. The molecule has 1 saturated heterocycles. The van der Waals surface area contributed by atoms with Gasteiger partial charge in [0.05, 0.1) is 57.2 Å². The monoisotopic (exact) mass is 517 g/mol. The van der Waals surface area contributed by atoms with Crippen LogP contribution in [0.1, 0.15) is 37.5 Å². The number of nitrogens with zero attached hydrogens (tertiary/aromatic N) is 3. The Morgan fingerprint density at radius 3 is 2.42 bits per heavy atom. The standard InChI is InChI=1S/C28H21Cl2N3O3/c1-17-13-18(16-31)14-23-21(17)15-24(33(23)19-5-3-2-4-6-19)27(34)25-22(29)8-7-20(26(25)30)28(35)32-9-11-36-12-10-32/h2-8,13-15H,9-12H2,1H3. The number of benzene rings is 3. The molecule has 0 atom stereocenters. The molecule has 1 amide bonds. The van der Waals surface area contributed by atoms with Crippen LogP contribution in [0.5, 0.6) is 0 Å². The van der Waals surface area contributed by atoms with Crippen molar-refractivity contribution in [1.29, 1.82) is 5.26 Å². The first-order chi connectivity index (χ1) is 17.4. The van der Waals surface area contributed by atoms with Crippen LogP contribution in [-0.2, 0) is 4.74 Å². The minimum Gasteiger partial charge on any atom is -0.378 e. The molecule has 180 valence electrons. The first-order valence-electron chi connectivity index (χ1n) is 11.4. The van der Waals surface area contributed by atoms with Gasteiger partial charge in [0.15, 0.2) is 0 Å². The maximum Gasteiger partial charge on any atom is 0.255 e. The third-order valence-corrected chi connectivity index (χ3v) is 7.06. The Morgan fingerprint density at radius 2 is 1.72 bits per heavy atom. The zero-order valence-corrected chi connectivity index (χ0v) is 20.9. The van der Waals surface area contributed by atoms with Crippen molar-refractivity contribution >= 4 is 45.8 Å². The Bertz CT molecular complexity index is 1550. The number of nitriles is 1. The van der Waals surface area contributed by atoms with Crippen LogP contribution in [0.3, 0.4) is 0 Å². The molecule has 6 nitrogen and oxygen atoms in total. The molecular weight excluding hydrogens is 497 g/mol. The molecule has 0 radical (unpaired) electrons. The number of fused-ring (bicyclic) bond motifs is 1. The Balaban J connectivity index is 1.70. The number of aryl methyl sites for hydroxylation is 1. The lowest BCUT2D eigenvalue weighted by Gasteiger charge is -2.27. The minimum atomic E-state index is -0.417. The van der Waals surface area contributed by atoms with E-state index in [4.69, 9.17) is 27.9 Å². The fraction of sp³-hybridized carbons (Fsp3) is 0.179. The zero-order chi connectivity index (χ0) is 25.4. The number of carbonyl (C=O) groups is 2. The van der Waals surface area contributed by atoms with Gasteiger partial charge in [-0.3, -0.25) is 9.59 Å². The molecule has 3 aromatic carbocycles. The molecule has 2 heterocycles. The van der Waals surface area contributed by atoms with Crippen molar-refractivity contribution in [2.75, 3.05) is 26.3 Å². The van der Waals surface area contributed by atoms with Gasteiger partial charge in [-0.25, -0.2) is 0 Å². The number of amides is 1. The molecule has 8 heteroatoms. The average Bonchev–Trinajstić information content (AvgIpc) is 3.29. The van der Waals surface area contributed by atoms with E-state index in [0.717, 1.165) is 16.6 Å². The molecule has 0 N–H and O–H groups in total. The summed E-state index contributed by atoms with van der Waals surface area (Å²) in [4.78, 5) is 28.9. The van der Waals surface area contributed by atoms with Crippen LogP contribution < -0.4 is 0 Å². The number of hydrogen-bond donors (Lipinski definition) is 0. The molecule has 0 saturated carbocycles. The van der Waals surface area contributed by atoms with Crippen LogP contribution in [0.2, 0.25) is 10.0 Å². The van der Waals surface area contributed by atoms with Gasteiger partial charge in [-0.05, 0) is 55.0 Å². The summed E-state index contributed by atoms with van der Waals surface area (Å²) in [5.41, 5.74) is 3.43. The molecule has 5 rings (SSSR count). The molecule has 0 aliphatic carbocycles. The quantitative estimate of drug-likeness (QED) is 0.319. The molecule has 0 spiro atoms. The molecule has 0 unspecified atom stereocenters. The van der Waals surface area contributed by atoms with Crippen LogP contribution in [0.4, 0.5) is 0 Å². The number of ether oxygens (including phenoxy) is 1. The first-order valence-corrected chi connectivity index (χ1v) is 12.2. The molecule has 4 aromatic rings. The lowest BCUT2D eigenvalue weighted by Crippen LogP contribution is -2.40. The largest absolute Gasteiger partial charge is 0.378 e. The van der Waals surface area contributed by atoms with Crippen molar-refractivity contribution in [2.45, 2.75) is 6.92 Å². The summed E-state index contributed by atoms with van der Waals surface area (Å²) < 4.78 is 7.14. The topological polar surface area (TPSA) is 75.3 Å². The van der Waals surface area contributed by atoms with E-state index in [9.17, 15) is 14.9 Å². The number of para-hydroxylation sites is 1.